The summed E-state index contributed by atoms with van der Waals surface area (Å²) in [6, 6.07) is 0. The highest BCUT2D eigenvalue weighted by Crippen LogP contribution is 2.04. The van der Waals surface area contributed by atoms with Crippen molar-refractivity contribution in [1.29, 1.82) is 0 Å². The molecule has 0 fully saturated rings. The van der Waals surface area contributed by atoms with Gasteiger partial charge in [0.15, 0.2) is 0 Å². The van der Waals surface area contributed by atoms with Crippen LogP contribution in [0.5, 0.6) is 0 Å². The molecule has 1 nitrogen and oxygen atoms in total. The van der Waals surface area contributed by atoms with Crippen molar-refractivity contribution in [1.82, 2.24) is 0 Å². The maximum Gasteiger partial charge on any atom is 0.0642 e. The minimum atomic E-state index is 0.940. The Morgan fingerprint density at radius 3 is 1.93 bits per heavy atom. The van der Waals surface area contributed by atoms with Crippen LogP contribution < -0.4 is 0 Å². The molecular weight excluding hydrogens is 182 g/mol. The molecule has 0 saturated carbocycles. The Balaban J connectivity index is 0. The smallest absolute Gasteiger partial charge is 0.0642 e. The van der Waals surface area contributed by atoms with Crippen molar-refractivity contribution >= 4 is 5.71 Å². The van der Waals surface area contributed by atoms with Crippen molar-refractivity contribution < 1.29 is 0 Å². The van der Waals surface area contributed by atoms with Gasteiger partial charge in [0, 0.05) is 7.05 Å². The summed E-state index contributed by atoms with van der Waals surface area (Å²) in [5.74, 6) is 0. The van der Waals surface area contributed by atoms with Gasteiger partial charge in [-0.15, -0.1) is 13.2 Å². The SMILES string of the molecule is C=C.C=C/C(C)=C\C(=NC)/C(C=C)=C/C. The van der Waals surface area contributed by atoms with Gasteiger partial charge >= 0.3 is 0 Å². The van der Waals surface area contributed by atoms with E-state index in [9.17, 15) is 0 Å². The zero-order valence-corrected chi connectivity index (χ0v) is 10.1. The molecule has 0 N–H and O–H groups in total. The van der Waals surface area contributed by atoms with Gasteiger partial charge in [-0.05, 0) is 31.1 Å². The molecule has 0 aliphatic carbocycles. The second-order valence-corrected chi connectivity index (χ2v) is 2.65. The summed E-state index contributed by atoms with van der Waals surface area (Å²) < 4.78 is 0. The third-order valence-corrected chi connectivity index (χ3v) is 1.75. The largest absolute Gasteiger partial charge is 0.288 e. The fourth-order valence-corrected chi connectivity index (χ4v) is 0.922. The van der Waals surface area contributed by atoms with E-state index in [-0.39, 0.29) is 0 Å². The van der Waals surface area contributed by atoms with Gasteiger partial charge in [-0.3, -0.25) is 4.99 Å². The third-order valence-electron chi connectivity index (χ3n) is 1.75. The molecule has 15 heavy (non-hydrogen) atoms. The van der Waals surface area contributed by atoms with Crippen molar-refractivity contribution in [3.05, 3.63) is 61.8 Å². The maximum atomic E-state index is 4.17. The zero-order chi connectivity index (χ0) is 12.3. The number of allylic oxidation sites excluding steroid dienone is 6. The van der Waals surface area contributed by atoms with Crippen LogP contribution in [-0.2, 0) is 0 Å². The highest BCUT2D eigenvalue weighted by molar-refractivity contribution is 6.10. The molecule has 0 heterocycles. The first-order chi connectivity index (χ1) is 7.19. The van der Waals surface area contributed by atoms with Crippen molar-refractivity contribution in [2.24, 2.45) is 4.99 Å². The topological polar surface area (TPSA) is 12.4 Å². The fourth-order valence-electron chi connectivity index (χ4n) is 0.922. The predicted octanol–water partition coefficient (Wildman–Crippen LogP) is 4.12. The van der Waals surface area contributed by atoms with Gasteiger partial charge in [-0.2, -0.15) is 0 Å². The molecule has 0 atom stereocenters. The van der Waals surface area contributed by atoms with Crippen LogP contribution in [0.3, 0.4) is 0 Å². The zero-order valence-electron chi connectivity index (χ0n) is 10.1. The first-order valence-corrected chi connectivity index (χ1v) is 4.76. The minimum absolute atomic E-state index is 0.940. The summed E-state index contributed by atoms with van der Waals surface area (Å²) in [6.07, 6.45) is 7.59. The van der Waals surface area contributed by atoms with Crippen LogP contribution in [0.2, 0.25) is 0 Å². The molecule has 0 aliphatic rings. The van der Waals surface area contributed by atoms with Crippen LogP contribution in [0.1, 0.15) is 13.8 Å². The number of hydrogen-bond acceptors (Lipinski definition) is 1. The molecule has 0 spiro atoms. The molecule has 82 valence electrons. The molecule has 0 aliphatic heterocycles. The lowest BCUT2D eigenvalue weighted by molar-refractivity contribution is 1.42. The van der Waals surface area contributed by atoms with Crippen LogP contribution in [0.15, 0.2) is 66.8 Å². The average Bonchev–Trinajstić information content (AvgIpc) is 2.31. The summed E-state index contributed by atoms with van der Waals surface area (Å²) in [7, 11) is 1.77. The summed E-state index contributed by atoms with van der Waals surface area (Å²) in [6.45, 7) is 17.4. The summed E-state index contributed by atoms with van der Waals surface area (Å²) in [4.78, 5) is 4.17. The summed E-state index contributed by atoms with van der Waals surface area (Å²) >= 11 is 0. The van der Waals surface area contributed by atoms with E-state index in [2.05, 4.69) is 31.3 Å². The first kappa shape index (κ1) is 15.8. The average molecular weight is 203 g/mol. The van der Waals surface area contributed by atoms with Crippen molar-refractivity contribution in [3.63, 3.8) is 0 Å². The number of aliphatic imine (C=N–C) groups is 1. The number of rotatable bonds is 4. The van der Waals surface area contributed by atoms with E-state index in [0.29, 0.717) is 0 Å². The minimum Gasteiger partial charge on any atom is -0.288 e. The molecule has 0 radical (unpaired) electrons. The van der Waals surface area contributed by atoms with Crippen LogP contribution in [-0.4, -0.2) is 12.8 Å². The standard InChI is InChI=1S/C12H17N.C2H4/c1-6-10(4)9-12(13-5)11(7-2)8-3;1-2/h6-9H,1-2H2,3-5H3;1-2H2/b10-9-,11-8+,13-12?;. The van der Waals surface area contributed by atoms with Gasteiger partial charge in [0.2, 0.25) is 0 Å². The van der Waals surface area contributed by atoms with Crippen LogP contribution in [0.4, 0.5) is 0 Å². The summed E-state index contributed by atoms with van der Waals surface area (Å²) in [5.41, 5.74) is 3.08. The summed E-state index contributed by atoms with van der Waals surface area (Å²) in [5, 5.41) is 0. The van der Waals surface area contributed by atoms with Crippen molar-refractivity contribution in [3.8, 4) is 0 Å². The molecule has 0 unspecified atom stereocenters. The lowest BCUT2D eigenvalue weighted by atomic mass is 10.1. The molecule has 0 aromatic carbocycles. The Hall–Kier alpha value is -1.63. The Labute approximate surface area is 93.9 Å². The molecule has 0 saturated heterocycles. The second kappa shape index (κ2) is 10.5. The third kappa shape index (κ3) is 6.44. The number of hydrogen-bond donors (Lipinski definition) is 0. The Kier molecular flexibility index (Phi) is 11.0. The molecule has 0 amide bonds. The van der Waals surface area contributed by atoms with Gasteiger partial charge in [-0.1, -0.05) is 31.4 Å². The van der Waals surface area contributed by atoms with E-state index < -0.39 is 0 Å². The lowest BCUT2D eigenvalue weighted by Crippen LogP contribution is -1.97. The highest BCUT2D eigenvalue weighted by atomic mass is 14.7. The second-order valence-electron chi connectivity index (χ2n) is 2.65. The van der Waals surface area contributed by atoms with Crippen LogP contribution in [0.25, 0.3) is 0 Å². The van der Waals surface area contributed by atoms with Gasteiger partial charge < -0.3 is 0 Å². The van der Waals surface area contributed by atoms with Crippen LogP contribution >= 0.6 is 0 Å². The molecule has 0 rings (SSSR count). The molecular formula is C14H21N. The van der Waals surface area contributed by atoms with Crippen LogP contribution in [0, 0.1) is 0 Å². The molecule has 1 heteroatoms. The first-order valence-electron chi connectivity index (χ1n) is 4.76. The molecule has 0 aromatic rings. The van der Waals surface area contributed by atoms with E-state index in [4.69, 9.17) is 0 Å². The molecule has 0 bridgehead atoms. The lowest BCUT2D eigenvalue weighted by Gasteiger charge is -2.01. The monoisotopic (exact) mass is 203 g/mol. The maximum absolute atomic E-state index is 4.17. The normalized spacial score (nSPS) is 12.6. The quantitative estimate of drug-likeness (QED) is 0.370. The predicted molar refractivity (Wildman–Crippen MR) is 72.5 cm³/mol. The van der Waals surface area contributed by atoms with Gasteiger partial charge in [0.1, 0.15) is 0 Å². The Morgan fingerprint density at radius 1 is 1.13 bits per heavy atom. The number of nitrogens with zero attached hydrogens (tertiary/aromatic N) is 1. The fraction of sp³-hybridized carbons (Fsp3) is 0.214. The van der Waals surface area contributed by atoms with Crippen molar-refractivity contribution in [2.75, 3.05) is 7.05 Å². The highest BCUT2D eigenvalue weighted by Gasteiger charge is 1.97. The van der Waals surface area contributed by atoms with Gasteiger partial charge in [-0.25, -0.2) is 0 Å². The van der Waals surface area contributed by atoms with E-state index in [1.165, 1.54) is 0 Å². The van der Waals surface area contributed by atoms with Gasteiger partial charge in [0.25, 0.3) is 0 Å². The van der Waals surface area contributed by atoms with E-state index in [0.717, 1.165) is 16.9 Å². The van der Waals surface area contributed by atoms with Gasteiger partial charge in [0.05, 0.1) is 5.71 Å². The van der Waals surface area contributed by atoms with E-state index >= 15 is 0 Å². The van der Waals surface area contributed by atoms with E-state index in [1.54, 1.807) is 13.1 Å². The molecule has 0 aromatic heterocycles. The van der Waals surface area contributed by atoms with Crippen molar-refractivity contribution in [2.45, 2.75) is 13.8 Å². The van der Waals surface area contributed by atoms with E-state index in [1.807, 2.05) is 32.1 Å². The Morgan fingerprint density at radius 2 is 1.67 bits per heavy atom. The Bertz CT molecular complexity index is 290.